The van der Waals surface area contributed by atoms with Crippen LogP contribution in [0.3, 0.4) is 0 Å². The average molecular weight is 328 g/mol. The number of rotatable bonds is 6. The Kier molecular flexibility index (Phi) is 6.06. The highest BCUT2D eigenvalue weighted by Crippen LogP contribution is 2.27. The monoisotopic (exact) mass is 327 g/mol. The van der Waals surface area contributed by atoms with Crippen LogP contribution in [0.25, 0.3) is 0 Å². The van der Waals surface area contributed by atoms with Crippen molar-refractivity contribution in [1.29, 1.82) is 0 Å². The van der Waals surface area contributed by atoms with Gasteiger partial charge in [-0.3, -0.25) is 4.90 Å². The lowest BCUT2D eigenvalue weighted by Crippen LogP contribution is -2.36. The van der Waals surface area contributed by atoms with Gasteiger partial charge in [0.25, 0.3) is 0 Å². The zero-order valence-corrected chi connectivity index (χ0v) is 13.7. The number of halogens is 1. The molecule has 0 spiro atoms. The number of likely N-dealkylation sites (tertiary alicyclic amines) is 1. The number of hydrogen-bond donors (Lipinski definition) is 1. The summed E-state index contributed by atoms with van der Waals surface area (Å²) in [5.74, 6) is -0.612. The van der Waals surface area contributed by atoms with E-state index in [-0.39, 0.29) is 0 Å². The van der Waals surface area contributed by atoms with Gasteiger partial charge in [0.1, 0.15) is 5.75 Å². The fraction of sp³-hybridized carbons (Fsp3) is 0.562. The van der Waals surface area contributed by atoms with Crippen LogP contribution in [0, 0.1) is 0 Å². The molecular formula is C16H22ClNO4. The minimum Gasteiger partial charge on any atom is -0.479 e. The van der Waals surface area contributed by atoms with Crippen molar-refractivity contribution in [3.63, 3.8) is 0 Å². The number of carboxylic acid groups (broad SMARTS) is 1. The van der Waals surface area contributed by atoms with Crippen molar-refractivity contribution in [2.24, 2.45) is 0 Å². The van der Waals surface area contributed by atoms with Crippen LogP contribution in [-0.2, 0) is 16.1 Å². The lowest BCUT2D eigenvalue weighted by atomic mass is 10.1. The Bertz CT molecular complexity index is 515. The Hall–Kier alpha value is -1.30. The first kappa shape index (κ1) is 17.1. The molecule has 0 aromatic heterocycles. The number of aliphatic carboxylic acids is 1. The van der Waals surface area contributed by atoms with E-state index in [1.165, 1.54) is 6.92 Å². The van der Waals surface area contributed by atoms with Gasteiger partial charge in [-0.15, -0.1) is 0 Å². The summed E-state index contributed by atoms with van der Waals surface area (Å²) in [7, 11) is 1.76. The number of benzene rings is 1. The van der Waals surface area contributed by atoms with Crippen molar-refractivity contribution in [1.82, 2.24) is 4.90 Å². The van der Waals surface area contributed by atoms with Crippen LogP contribution in [0.2, 0.25) is 5.02 Å². The summed E-state index contributed by atoms with van der Waals surface area (Å²) in [5, 5.41) is 9.30. The first-order chi connectivity index (χ1) is 10.5. The van der Waals surface area contributed by atoms with E-state index in [2.05, 4.69) is 4.90 Å². The van der Waals surface area contributed by atoms with E-state index in [4.69, 9.17) is 26.2 Å². The number of methoxy groups -OCH3 is 1. The van der Waals surface area contributed by atoms with Gasteiger partial charge in [0.05, 0.1) is 11.1 Å². The highest BCUT2D eigenvalue weighted by Gasteiger charge is 2.19. The first-order valence-electron chi connectivity index (χ1n) is 7.42. The molecule has 0 amide bonds. The molecule has 1 heterocycles. The maximum Gasteiger partial charge on any atom is 0.344 e. The molecule has 0 saturated carbocycles. The summed E-state index contributed by atoms with van der Waals surface area (Å²) in [6, 6.07) is 5.51. The van der Waals surface area contributed by atoms with Gasteiger partial charge in [0.15, 0.2) is 6.10 Å². The van der Waals surface area contributed by atoms with Crippen LogP contribution in [0.4, 0.5) is 0 Å². The highest BCUT2D eigenvalue weighted by atomic mass is 35.5. The van der Waals surface area contributed by atoms with Crippen LogP contribution in [0.1, 0.15) is 25.3 Å². The van der Waals surface area contributed by atoms with E-state index in [9.17, 15) is 4.79 Å². The molecule has 6 heteroatoms. The molecule has 122 valence electrons. The van der Waals surface area contributed by atoms with Crippen molar-refractivity contribution in [3.05, 3.63) is 28.8 Å². The molecule has 5 nitrogen and oxygen atoms in total. The second kappa shape index (κ2) is 7.81. The van der Waals surface area contributed by atoms with E-state index in [1.807, 2.05) is 12.1 Å². The van der Waals surface area contributed by atoms with Crippen molar-refractivity contribution < 1.29 is 19.4 Å². The summed E-state index contributed by atoms with van der Waals surface area (Å²) in [5.41, 5.74) is 1.09. The molecule has 2 rings (SSSR count). The maximum absolute atomic E-state index is 10.8. The minimum atomic E-state index is -1.01. The summed E-state index contributed by atoms with van der Waals surface area (Å²) >= 11 is 6.19. The van der Waals surface area contributed by atoms with Gasteiger partial charge in [-0.2, -0.15) is 0 Å². The molecule has 1 aromatic rings. The van der Waals surface area contributed by atoms with Gasteiger partial charge in [-0.25, -0.2) is 4.79 Å². The fourth-order valence-electron chi connectivity index (χ4n) is 2.54. The molecule has 0 bridgehead atoms. The van der Waals surface area contributed by atoms with Gasteiger partial charge in [-0.1, -0.05) is 17.7 Å². The Labute approximate surface area is 135 Å². The second-order valence-corrected chi connectivity index (χ2v) is 5.98. The smallest absolute Gasteiger partial charge is 0.344 e. The molecule has 1 aliphatic rings. The summed E-state index contributed by atoms with van der Waals surface area (Å²) in [6.45, 7) is 4.31. The van der Waals surface area contributed by atoms with Gasteiger partial charge in [0.2, 0.25) is 0 Å². The summed E-state index contributed by atoms with van der Waals surface area (Å²) in [4.78, 5) is 13.2. The third-order valence-electron chi connectivity index (χ3n) is 3.92. The van der Waals surface area contributed by atoms with Crippen molar-refractivity contribution in [2.75, 3.05) is 20.2 Å². The maximum atomic E-state index is 10.8. The third kappa shape index (κ3) is 4.60. The van der Waals surface area contributed by atoms with Crippen LogP contribution in [0.15, 0.2) is 18.2 Å². The number of carbonyl (C=O) groups is 1. The Morgan fingerprint density at radius 3 is 2.68 bits per heavy atom. The summed E-state index contributed by atoms with van der Waals surface area (Å²) in [6.07, 6.45) is 1.54. The molecule has 1 atom stereocenters. The molecular weight excluding hydrogens is 306 g/mol. The number of carboxylic acids is 1. The highest BCUT2D eigenvalue weighted by molar-refractivity contribution is 6.32. The Morgan fingerprint density at radius 1 is 1.45 bits per heavy atom. The molecule has 1 fully saturated rings. The predicted molar refractivity (Wildman–Crippen MR) is 84.5 cm³/mol. The van der Waals surface area contributed by atoms with Crippen molar-refractivity contribution in [2.45, 2.75) is 38.5 Å². The van der Waals surface area contributed by atoms with Crippen LogP contribution >= 0.6 is 11.6 Å². The molecule has 1 aliphatic heterocycles. The Balaban J connectivity index is 1.93. The molecule has 1 aromatic carbocycles. The molecule has 22 heavy (non-hydrogen) atoms. The lowest BCUT2D eigenvalue weighted by Gasteiger charge is -2.31. The van der Waals surface area contributed by atoms with Gasteiger partial charge in [-0.05, 0) is 37.5 Å². The number of piperidine rings is 1. The number of hydrogen-bond acceptors (Lipinski definition) is 4. The van der Waals surface area contributed by atoms with Crippen LogP contribution in [0.5, 0.6) is 5.75 Å². The lowest BCUT2D eigenvalue weighted by molar-refractivity contribution is -0.144. The average Bonchev–Trinajstić information content (AvgIpc) is 2.50. The molecule has 1 N–H and O–H groups in total. The zero-order chi connectivity index (χ0) is 16.1. The van der Waals surface area contributed by atoms with Crippen LogP contribution < -0.4 is 4.74 Å². The first-order valence-corrected chi connectivity index (χ1v) is 7.80. The topological polar surface area (TPSA) is 59.0 Å². The van der Waals surface area contributed by atoms with Crippen molar-refractivity contribution in [3.8, 4) is 5.75 Å². The van der Waals surface area contributed by atoms with E-state index in [1.54, 1.807) is 13.2 Å². The largest absolute Gasteiger partial charge is 0.479 e. The van der Waals surface area contributed by atoms with E-state index >= 15 is 0 Å². The molecule has 0 radical (unpaired) electrons. The SMILES string of the molecule is COC1CCN(Cc2ccc(O[C@@H](C)C(=O)O)c(Cl)c2)CC1. The Morgan fingerprint density at radius 2 is 2.14 bits per heavy atom. The standard InChI is InChI=1S/C16H22ClNO4/c1-11(16(19)20)22-15-4-3-12(9-14(15)17)10-18-7-5-13(21-2)6-8-18/h3-4,9,11,13H,5-8,10H2,1-2H3,(H,19,20)/t11-/m0/s1. The molecule has 0 unspecified atom stereocenters. The second-order valence-electron chi connectivity index (χ2n) is 5.57. The minimum absolute atomic E-state index is 0.369. The molecule has 1 saturated heterocycles. The zero-order valence-electron chi connectivity index (χ0n) is 12.9. The molecule has 0 aliphatic carbocycles. The normalized spacial score (nSPS) is 18.1. The van der Waals surface area contributed by atoms with E-state index < -0.39 is 12.1 Å². The number of nitrogens with zero attached hydrogens (tertiary/aromatic N) is 1. The summed E-state index contributed by atoms with van der Waals surface area (Å²) < 4.78 is 10.7. The van der Waals surface area contributed by atoms with E-state index in [0.29, 0.717) is 16.9 Å². The van der Waals surface area contributed by atoms with E-state index in [0.717, 1.165) is 38.0 Å². The predicted octanol–water partition coefficient (Wildman–Crippen LogP) is 2.80. The van der Waals surface area contributed by atoms with Gasteiger partial charge in [0, 0.05) is 26.7 Å². The number of ether oxygens (including phenoxy) is 2. The van der Waals surface area contributed by atoms with Crippen molar-refractivity contribution >= 4 is 17.6 Å². The fourth-order valence-corrected chi connectivity index (χ4v) is 2.79. The third-order valence-corrected chi connectivity index (χ3v) is 4.22. The van der Waals surface area contributed by atoms with Gasteiger partial charge >= 0.3 is 5.97 Å². The van der Waals surface area contributed by atoms with Crippen LogP contribution in [-0.4, -0.2) is 48.4 Å². The quantitative estimate of drug-likeness (QED) is 0.870. The van der Waals surface area contributed by atoms with Gasteiger partial charge < -0.3 is 14.6 Å².